The van der Waals surface area contributed by atoms with Gasteiger partial charge in [-0.25, -0.2) is 4.98 Å². The van der Waals surface area contributed by atoms with Gasteiger partial charge in [-0.1, -0.05) is 54.6 Å². The summed E-state index contributed by atoms with van der Waals surface area (Å²) in [5, 5.41) is 21.8. The molecular formula is C21H17N3O3. The summed E-state index contributed by atoms with van der Waals surface area (Å²) in [5.41, 5.74) is 3.41. The van der Waals surface area contributed by atoms with Crippen molar-refractivity contribution in [1.29, 1.82) is 0 Å². The Hall–Kier alpha value is -3.51. The monoisotopic (exact) mass is 359 g/mol. The lowest BCUT2D eigenvalue weighted by molar-refractivity contribution is -0.384. The third-order valence-corrected chi connectivity index (χ3v) is 4.53. The first-order valence-corrected chi connectivity index (χ1v) is 8.55. The maximum atomic E-state index is 10.9. The van der Waals surface area contributed by atoms with Gasteiger partial charge in [0.2, 0.25) is 0 Å². The number of non-ortho nitro benzene ring substituents is 1. The molecule has 1 atom stereocenters. The Labute approximate surface area is 155 Å². The number of aromatic nitrogens is 2. The minimum atomic E-state index is -0.864. The van der Waals surface area contributed by atoms with Crippen LogP contribution in [0, 0.1) is 10.1 Å². The summed E-state index contributed by atoms with van der Waals surface area (Å²) in [6.07, 6.45) is -0.864. The Balaban J connectivity index is 1.77. The van der Waals surface area contributed by atoms with Gasteiger partial charge in [0.05, 0.1) is 16.0 Å². The third kappa shape index (κ3) is 3.30. The highest BCUT2D eigenvalue weighted by atomic mass is 16.6. The highest BCUT2D eigenvalue weighted by Gasteiger charge is 2.20. The second-order valence-corrected chi connectivity index (χ2v) is 6.28. The number of fused-ring (bicyclic) bond motifs is 1. The molecular weight excluding hydrogens is 342 g/mol. The lowest BCUT2D eigenvalue weighted by Crippen LogP contribution is -2.11. The highest BCUT2D eigenvalue weighted by Crippen LogP contribution is 2.27. The van der Waals surface area contributed by atoms with Crippen molar-refractivity contribution in [3.05, 3.63) is 106 Å². The Morgan fingerprint density at radius 2 is 1.63 bits per heavy atom. The zero-order valence-electron chi connectivity index (χ0n) is 14.4. The van der Waals surface area contributed by atoms with E-state index in [2.05, 4.69) is 4.98 Å². The van der Waals surface area contributed by atoms with E-state index < -0.39 is 11.0 Å². The van der Waals surface area contributed by atoms with Gasteiger partial charge >= 0.3 is 0 Å². The van der Waals surface area contributed by atoms with Gasteiger partial charge in [0.25, 0.3) is 5.69 Å². The molecule has 6 nitrogen and oxygen atoms in total. The first-order valence-electron chi connectivity index (χ1n) is 8.55. The van der Waals surface area contributed by atoms with Crippen molar-refractivity contribution < 1.29 is 10.0 Å². The summed E-state index contributed by atoms with van der Waals surface area (Å²) in [5.74, 6) is 0.542. The number of hydrogen-bond donors (Lipinski definition) is 1. The number of aliphatic hydroxyl groups excluding tert-OH is 1. The van der Waals surface area contributed by atoms with E-state index in [-0.39, 0.29) is 5.69 Å². The van der Waals surface area contributed by atoms with Gasteiger partial charge in [-0.2, -0.15) is 0 Å². The zero-order valence-corrected chi connectivity index (χ0v) is 14.4. The second-order valence-electron chi connectivity index (χ2n) is 6.28. The third-order valence-electron chi connectivity index (χ3n) is 4.53. The van der Waals surface area contributed by atoms with Crippen LogP contribution in [0.4, 0.5) is 5.69 Å². The molecule has 0 spiro atoms. The summed E-state index contributed by atoms with van der Waals surface area (Å²) < 4.78 is 1.95. The number of hydrogen-bond acceptors (Lipinski definition) is 4. The molecule has 1 N–H and O–H groups in total. The van der Waals surface area contributed by atoms with Gasteiger partial charge < -0.3 is 9.67 Å². The van der Waals surface area contributed by atoms with Crippen LogP contribution < -0.4 is 0 Å². The van der Waals surface area contributed by atoms with Crippen molar-refractivity contribution in [1.82, 2.24) is 9.55 Å². The van der Waals surface area contributed by atoms with Crippen LogP contribution >= 0.6 is 0 Å². The SMILES string of the molecule is O=[N+]([O-])c1ccc(Cn2c(C(O)c3ccccc3)nc3ccccc32)cc1. The van der Waals surface area contributed by atoms with E-state index in [9.17, 15) is 15.2 Å². The van der Waals surface area contributed by atoms with Gasteiger partial charge in [-0.3, -0.25) is 10.1 Å². The first kappa shape index (κ1) is 16.9. The molecule has 1 unspecified atom stereocenters. The van der Waals surface area contributed by atoms with Crippen LogP contribution in [0.1, 0.15) is 23.1 Å². The van der Waals surface area contributed by atoms with Gasteiger partial charge in [0.15, 0.2) is 0 Å². The molecule has 1 heterocycles. The molecule has 0 saturated carbocycles. The van der Waals surface area contributed by atoms with Crippen LogP contribution in [-0.2, 0) is 6.54 Å². The van der Waals surface area contributed by atoms with Gasteiger partial charge in [0, 0.05) is 18.7 Å². The predicted molar refractivity (Wildman–Crippen MR) is 102 cm³/mol. The Bertz CT molecular complexity index is 1090. The summed E-state index contributed by atoms with van der Waals surface area (Å²) >= 11 is 0. The minimum Gasteiger partial charge on any atom is -0.380 e. The quantitative estimate of drug-likeness (QED) is 0.430. The number of nitrogens with zero attached hydrogens (tertiary/aromatic N) is 3. The van der Waals surface area contributed by atoms with Crippen molar-refractivity contribution >= 4 is 16.7 Å². The summed E-state index contributed by atoms with van der Waals surface area (Å²) in [6, 6.07) is 23.5. The topological polar surface area (TPSA) is 81.2 Å². The molecule has 4 aromatic rings. The second kappa shape index (κ2) is 7.01. The molecule has 1 aromatic heterocycles. The molecule has 0 amide bonds. The van der Waals surface area contributed by atoms with E-state index in [1.807, 2.05) is 59.2 Å². The number of imidazole rings is 1. The number of nitro groups is 1. The van der Waals surface area contributed by atoms with Crippen LogP contribution in [0.3, 0.4) is 0 Å². The van der Waals surface area contributed by atoms with Crippen molar-refractivity contribution in [2.24, 2.45) is 0 Å². The summed E-state index contributed by atoms with van der Waals surface area (Å²) in [7, 11) is 0. The van der Waals surface area contributed by atoms with Crippen molar-refractivity contribution in [2.75, 3.05) is 0 Å². The number of rotatable bonds is 5. The Morgan fingerprint density at radius 1 is 0.963 bits per heavy atom. The number of aliphatic hydroxyl groups is 1. The van der Waals surface area contributed by atoms with Crippen LogP contribution in [0.25, 0.3) is 11.0 Å². The number of benzene rings is 3. The molecule has 0 aliphatic heterocycles. The molecule has 6 heteroatoms. The molecule has 0 radical (unpaired) electrons. The molecule has 0 saturated heterocycles. The van der Waals surface area contributed by atoms with Gasteiger partial charge in [0.1, 0.15) is 11.9 Å². The van der Waals surface area contributed by atoms with Crippen LogP contribution in [0.15, 0.2) is 78.9 Å². The Kier molecular flexibility index (Phi) is 4.40. The predicted octanol–water partition coefficient (Wildman–Crippen LogP) is 4.07. The molecule has 0 aliphatic rings. The lowest BCUT2D eigenvalue weighted by Gasteiger charge is -2.14. The fourth-order valence-electron chi connectivity index (χ4n) is 3.16. The van der Waals surface area contributed by atoms with Crippen molar-refractivity contribution in [3.8, 4) is 0 Å². The maximum Gasteiger partial charge on any atom is 0.269 e. The highest BCUT2D eigenvalue weighted by molar-refractivity contribution is 5.76. The molecule has 0 bridgehead atoms. The molecule has 0 fully saturated rings. The number of para-hydroxylation sites is 2. The van der Waals surface area contributed by atoms with E-state index in [4.69, 9.17) is 0 Å². The molecule has 134 valence electrons. The van der Waals surface area contributed by atoms with E-state index in [0.29, 0.717) is 12.4 Å². The lowest BCUT2D eigenvalue weighted by atomic mass is 10.1. The van der Waals surface area contributed by atoms with Gasteiger partial charge in [-0.05, 0) is 23.3 Å². The maximum absolute atomic E-state index is 10.9. The summed E-state index contributed by atoms with van der Waals surface area (Å²) in [6.45, 7) is 0.456. The average molecular weight is 359 g/mol. The van der Waals surface area contributed by atoms with E-state index in [1.54, 1.807) is 12.1 Å². The summed E-state index contributed by atoms with van der Waals surface area (Å²) in [4.78, 5) is 15.1. The Morgan fingerprint density at radius 3 is 2.33 bits per heavy atom. The van der Waals surface area contributed by atoms with Crippen LogP contribution in [0.5, 0.6) is 0 Å². The fraction of sp³-hybridized carbons (Fsp3) is 0.0952. The minimum absolute atomic E-state index is 0.0544. The van der Waals surface area contributed by atoms with Crippen molar-refractivity contribution in [2.45, 2.75) is 12.6 Å². The van der Waals surface area contributed by atoms with E-state index in [0.717, 1.165) is 22.2 Å². The average Bonchev–Trinajstić information content (AvgIpc) is 3.07. The molecule has 0 aliphatic carbocycles. The van der Waals surface area contributed by atoms with Crippen LogP contribution in [-0.4, -0.2) is 19.6 Å². The van der Waals surface area contributed by atoms with Crippen LogP contribution in [0.2, 0.25) is 0 Å². The molecule has 4 rings (SSSR count). The first-order chi connectivity index (χ1) is 13.1. The zero-order chi connectivity index (χ0) is 18.8. The fourth-order valence-corrected chi connectivity index (χ4v) is 3.16. The number of nitro benzene ring substituents is 1. The smallest absolute Gasteiger partial charge is 0.269 e. The van der Waals surface area contributed by atoms with Crippen molar-refractivity contribution in [3.63, 3.8) is 0 Å². The molecule has 27 heavy (non-hydrogen) atoms. The van der Waals surface area contributed by atoms with Gasteiger partial charge in [-0.15, -0.1) is 0 Å². The normalized spacial score (nSPS) is 12.2. The molecule has 3 aromatic carbocycles. The largest absolute Gasteiger partial charge is 0.380 e. The van der Waals surface area contributed by atoms with E-state index >= 15 is 0 Å². The van der Waals surface area contributed by atoms with E-state index in [1.165, 1.54) is 12.1 Å². The standard InChI is InChI=1S/C21H17N3O3/c25-20(16-6-2-1-3-7-16)21-22-18-8-4-5-9-19(18)23(21)14-15-10-12-17(13-11-15)24(26)27/h1-13,20,25H,14H2.